The van der Waals surface area contributed by atoms with E-state index in [9.17, 15) is 9.18 Å². The summed E-state index contributed by atoms with van der Waals surface area (Å²) in [7, 11) is 1.72. The van der Waals surface area contributed by atoms with E-state index in [0.29, 0.717) is 24.9 Å². The zero-order valence-electron chi connectivity index (χ0n) is 16.7. The second-order valence-electron chi connectivity index (χ2n) is 6.78. The number of esters is 1. The first-order valence-corrected chi connectivity index (χ1v) is 9.57. The van der Waals surface area contributed by atoms with Gasteiger partial charge in [-0.15, -0.1) is 24.0 Å². The second-order valence-corrected chi connectivity index (χ2v) is 6.78. The maximum absolute atomic E-state index is 13.2. The molecule has 6 nitrogen and oxygen atoms in total. The lowest BCUT2D eigenvalue weighted by molar-refractivity contribution is -0.149. The molecule has 1 aromatic rings. The standard InChI is InChI=1S/C20H30FN3O3.HI/c1-4-26-19(25)15-8-10-17(11-9-15)24-20(22-3)23-13-14(2)27-18-7-5-6-16(21)12-18;/h5-7,12,14-15,17H,4,8-11,13H2,1-3H3,(H2,22,23,24);1H. The van der Waals surface area contributed by atoms with Gasteiger partial charge in [-0.05, 0) is 51.7 Å². The van der Waals surface area contributed by atoms with Gasteiger partial charge in [0.15, 0.2) is 5.96 Å². The number of hydrogen-bond donors (Lipinski definition) is 2. The fourth-order valence-corrected chi connectivity index (χ4v) is 3.18. The minimum Gasteiger partial charge on any atom is -0.489 e. The predicted octanol–water partition coefficient (Wildman–Crippen LogP) is 3.50. The number of nitrogens with one attached hydrogen (secondary N) is 2. The Balaban J connectivity index is 0.00000392. The molecule has 1 saturated carbocycles. The van der Waals surface area contributed by atoms with Crippen LogP contribution in [0.1, 0.15) is 39.5 Å². The van der Waals surface area contributed by atoms with Crippen molar-refractivity contribution in [2.75, 3.05) is 20.2 Å². The molecule has 0 heterocycles. The van der Waals surface area contributed by atoms with E-state index in [1.807, 2.05) is 13.8 Å². The van der Waals surface area contributed by atoms with Crippen LogP contribution in [0.15, 0.2) is 29.3 Å². The molecular formula is C20H31FIN3O3. The minimum atomic E-state index is -0.316. The number of ether oxygens (including phenoxy) is 2. The van der Waals surface area contributed by atoms with E-state index in [2.05, 4.69) is 15.6 Å². The molecule has 1 aliphatic rings. The average Bonchev–Trinajstić information content (AvgIpc) is 2.65. The van der Waals surface area contributed by atoms with Crippen molar-refractivity contribution in [2.45, 2.75) is 51.7 Å². The molecule has 1 fully saturated rings. The van der Waals surface area contributed by atoms with Gasteiger partial charge in [0.25, 0.3) is 0 Å². The van der Waals surface area contributed by atoms with Gasteiger partial charge in [0.05, 0.1) is 19.1 Å². The lowest BCUT2D eigenvalue weighted by atomic mass is 9.86. The molecule has 2 rings (SSSR count). The van der Waals surface area contributed by atoms with Crippen molar-refractivity contribution < 1.29 is 18.7 Å². The third-order valence-electron chi connectivity index (χ3n) is 4.60. The van der Waals surface area contributed by atoms with Crippen LogP contribution in [-0.2, 0) is 9.53 Å². The molecule has 0 aromatic heterocycles. The normalized spacial score (nSPS) is 20.5. The van der Waals surface area contributed by atoms with E-state index in [4.69, 9.17) is 9.47 Å². The van der Waals surface area contributed by atoms with Crippen LogP contribution in [0, 0.1) is 11.7 Å². The van der Waals surface area contributed by atoms with Crippen molar-refractivity contribution >= 4 is 35.9 Å². The van der Waals surface area contributed by atoms with Gasteiger partial charge in [0.2, 0.25) is 0 Å². The summed E-state index contributed by atoms with van der Waals surface area (Å²) in [6.07, 6.45) is 3.31. The first kappa shape index (κ1) is 24.5. The maximum atomic E-state index is 13.2. The third kappa shape index (κ3) is 8.20. The summed E-state index contributed by atoms with van der Waals surface area (Å²) in [6, 6.07) is 6.39. The molecule has 0 radical (unpaired) electrons. The third-order valence-corrected chi connectivity index (χ3v) is 4.60. The van der Waals surface area contributed by atoms with Crippen LogP contribution in [0.4, 0.5) is 4.39 Å². The lowest BCUT2D eigenvalue weighted by Gasteiger charge is -2.29. The van der Waals surface area contributed by atoms with Gasteiger partial charge in [0.1, 0.15) is 17.7 Å². The quantitative estimate of drug-likeness (QED) is 0.256. The van der Waals surface area contributed by atoms with E-state index >= 15 is 0 Å². The molecule has 28 heavy (non-hydrogen) atoms. The van der Waals surface area contributed by atoms with Crippen LogP contribution in [0.5, 0.6) is 5.75 Å². The highest BCUT2D eigenvalue weighted by molar-refractivity contribution is 14.0. The van der Waals surface area contributed by atoms with Crippen molar-refractivity contribution in [3.63, 3.8) is 0 Å². The molecule has 0 aliphatic heterocycles. The summed E-state index contributed by atoms with van der Waals surface area (Å²) in [5, 5.41) is 6.63. The fourth-order valence-electron chi connectivity index (χ4n) is 3.18. The van der Waals surface area contributed by atoms with E-state index in [-0.39, 0.29) is 53.8 Å². The van der Waals surface area contributed by atoms with Crippen LogP contribution in [0.3, 0.4) is 0 Å². The minimum absolute atomic E-state index is 0. The number of aliphatic imine (C=N–C) groups is 1. The number of hydrogen-bond acceptors (Lipinski definition) is 4. The average molecular weight is 507 g/mol. The molecule has 1 aromatic carbocycles. The lowest BCUT2D eigenvalue weighted by Crippen LogP contribution is -2.47. The summed E-state index contributed by atoms with van der Waals surface area (Å²) in [4.78, 5) is 16.1. The maximum Gasteiger partial charge on any atom is 0.308 e. The molecule has 1 atom stereocenters. The van der Waals surface area contributed by atoms with Crippen LogP contribution in [0.25, 0.3) is 0 Å². The first-order chi connectivity index (χ1) is 13.0. The topological polar surface area (TPSA) is 72.0 Å². The van der Waals surface area contributed by atoms with Gasteiger partial charge in [-0.1, -0.05) is 6.07 Å². The monoisotopic (exact) mass is 507 g/mol. The van der Waals surface area contributed by atoms with Gasteiger partial charge in [-0.3, -0.25) is 9.79 Å². The summed E-state index contributed by atoms with van der Waals surface area (Å²) < 4.78 is 24.0. The number of halogens is 2. The molecule has 1 aliphatic carbocycles. The van der Waals surface area contributed by atoms with Gasteiger partial charge in [-0.25, -0.2) is 4.39 Å². The zero-order chi connectivity index (χ0) is 19.6. The van der Waals surface area contributed by atoms with Crippen LogP contribution < -0.4 is 15.4 Å². The van der Waals surface area contributed by atoms with Gasteiger partial charge < -0.3 is 20.1 Å². The first-order valence-electron chi connectivity index (χ1n) is 9.57. The van der Waals surface area contributed by atoms with E-state index in [1.54, 1.807) is 19.2 Å². The summed E-state index contributed by atoms with van der Waals surface area (Å²) >= 11 is 0. The Kier molecular flexibility index (Phi) is 11.2. The van der Waals surface area contributed by atoms with Crippen LogP contribution >= 0.6 is 24.0 Å². The van der Waals surface area contributed by atoms with Gasteiger partial charge in [-0.2, -0.15) is 0 Å². The highest BCUT2D eigenvalue weighted by atomic mass is 127. The summed E-state index contributed by atoms with van der Waals surface area (Å²) in [5.41, 5.74) is 0. The van der Waals surface area contributed by atoms with Crippen molar-refractivity contribution in [2.24, 2.45) is 10.9 Å². The Morgan fingerprint density at radius 3 is 2.64 bits per heavy atom. The number of carbonyl (C=O) groups is 1. The van der Waals surface area contributed by atoms with Crippen molar-refractivity contribution in [3.8, 4) is 5.75 Å². The molecule has 2 N–H and O–H groups in total. The SMILES string of the molecule is CCOC(=O)C1CCC(NC(=NC)NCC(C)Oc2cccc(F)c2)CC1.I. The Morgan fingerprint density at radius 2 is 2.04 bits per heavy atom. The summed E-state index contributed by atoms with van der Waals surface area (Å²) in [6.45, 7) is 4.72. The van der Waals surface area contributed by atoms with Gasteiger partial charge >= 0.3 is 5.97 Å². The highest BCUT2D eigenvalue weighted by Gasteiger charge is 2.27. The van der Waals surface area contributed by atoms with Gasteiger partial charge in [0, 0.05) is 19.2 Å². The molecule has 0 spiro atoms. The number of guanidine groups is 1. The molecule has 0 saturated heterocycles. The van der Waals surface area contributed by atoms with E-state index < -0.39 is 0 Å². The van der Waals surface area contributed by atoms with E-state index in [0.717, 1.165) is 25.7 Å². The number of benzene rings is 1. The fraction of sp³-hybridized carbons (Fsp3) is 0.600. The number of nitrogens with zero attached hydrogens (tertiary/aromatic N) is 1. The number of carbonyl (C=O) groups excluding carboxylic acids is 1. The molecule has 8 heteroatoms. The van der Waals surface area contributed by atoms with Crippen molar-refractivity contribution in [1.82, 2.24) is 10.6 Å². The Labute approximate surface area is 183 Å². The molecule has 1 unspecified atom stereocenters. The van der Waals surface area contributed by atoms with Crippen molar-refractivity contribution in [1.29, 1.82) is 0 Å². The van der Waals surface area contributed by atoms with Crippen LogP contribution in [-0.4, -0.2) is 44.3 Å². The molecule has 0 bridgehead atoms. The van der Waals surface area contributed by atoms with E-state index in [1.165, 1.54) is 12.1 Å². The molecule has 158 valence electrons. The highest BCUT2D eigenvalue weighted by Crippen LogP contribution is 2.25. The Hall–Kier alpha value is -1.58. The summed E-state index contributed by atoms with van der Waals surface area (Å²) in [5.74, 6) is 0.816. The van der Waals surface area contributed by atoms with Crippen LogP contribution in [0.2, 0.25) is 0 Å². The predicted molar refractivity (Wildman–Crippen MR) is 119 cm³/mol. The second kappa shape index (κ2) is 12.8. The molecular weight excluding hydrogens is 476 g/mol. The zero-order valence-corrected chi connectivity index (χ0v) is 19.1. The Morgan fingerprint density at radius 1 is 1.32 bits per heavy atom. The smallest absolute Gasteiger partial charge is 0.308 e. The largest absolute Gasteiger partial charge is 0.489 e. The number of rotatable bonds is 7. The van der Waals surface area contributed by atoms with Crippen molar-refractivity contribution in [3.05, 3.63) is 30.1 Å². The Bertz CT molecular complexity index is 637. The molecule has 0 amide bonds.